The van der Waals surface area contributed by atoms with Crippen LogP contribution in [0.4, 0.5) is 4.11 Å². The molecule has 1 nitrogen and oxygen atoms in total. The molecule has 0 amide bonds. The van der Waals surface area contributed by atoms with Gasteiger partial charge in [0.05, 0.1) is 6.10 Å². The van der Waals surface area contributed by atoms with Crippen molar-refractivity contribution in [3.05, 3.63) is 48.6 Å². The summed E-state index contributed by atoms with van der Waals surface area (Å²) in [6, 6.07) is 9.88. The van der Waals surface area contributed by atoms with E-state index in [0.29, 0.717) is 5.92 Å². The molecule has 1 fully saturated rings. The van der Waals surface area contributed by atoms with Crippen LogP contribution in [-0.4, -0.2) is 14.5 Å². The lowest BCUT2D eigenvalue weighted by Gasteiger charge is -2.35. The average Bonchev–Trinajstić information content (AvgIpc) is 2.52. The summed E-state index contributed by atoms with van der Waals surface area (Å²) in [6.07, 6.45) is 9.12. The van der Waals surface area contributed by atoms with Crippen LogP contribution in [0.25, 0.3) is 0 Å². The second kappa shape index (κ2) is 8.07. The lowest BCUT2D eigenvalue weighted by Crippen LogP contribution is -2.37. The highest BCUT2D eigenvalue weighted by Gasteiger charge is 2.38. The molecule has 0 spiro atoms. The first-order chi connectivity index (χ1) is 10.5. The Hall–Kier alpha value is -0.933. The van der Waals surface area contributed by atoms with E-state index in [-0.39, 0.29) is 11.8 Å². The Bertz CT molecular complexity index is 448. The van der Waals surface area contributed by atoms with Crippen LogP contribution in [-0.2, 0) is 4.74 Å². The van der Waals surface area contributed by atoms with E-state index in [1.807, 2.05) is 36.4 Å². The fourth-order valence-corrected chi connectivity index (χ4v) is 4.95. The van der Waals surface area contributed by atoms with Crippen molar-refractivity contribution in [2.75, 3.05) is 0 Å². The molecule has 1 saturated carbocycles. The third-order valence-electron chi connectivity index (χ3n) is 4.61. The Morgan fingerprint density at radius 3 is 2.41 bits per heavy atom. The molecule has 0 unspecified atom stereocenters. The molecular weight excluding hydrogens is 291 g/mol. The molecule has 1 aliphatic rings. The number of hydrogen-bond donors (Lipinski definition) is 0. The smallest absolute Gasteiger partial charge is 0.273 e. The highest BCUT2D eigenvalue weighted by Crippen LogP contribution is 2.36. The van der Waals surface area contributed by atoms with Crippen molar-refractivity contribution in [3.63, 3.8) is 0 Å². The molecule has 1 aliphatic carbocycles. The summed E-state index contributed by atoms with van der Waals surface area (Å²) in [5, 5.41) is 0. The second-order valence-electron chi connectivity index (χ2n) is 6.95. The summed E-state index contributed by atoms with van der Waals surface area (Å²) < 4.78 is 21.3. The van der Waals surface area contributed by atoms with Gasteiger partial charge in [-0.3, -0.25) is 0 Å². The van der Waals surface area contributed by atoms with Gasteiger partial charge in [0, 0.05) is 0 Å². The molecule has 2 atom stereocenters. The largest absolute Gasteiger partial charge is 0.370 e. The van der Waals surface area contributed by atoms with Gasteiger partial charge in [-0.1, -0.05) is 55.7 Å². The number of rotatable bonds is 7. The molecule has 22 heavy (non-hydrogen) atoms. The molecule has 0 aromatic heterocycles. The monoisotopic (exact) mass is 320 g/mol. The molecule has 0 radical (unpaired) electrons. The summed E-state index contributed by atoms with van der Waals surface area (Å²) in [6.45, 7) is 7.37. The van der Waals surface area contributed by atoms with Crippen molar-refractivity contribution in [2.45, 2.75) is 63.5 Å². The van der Waals surface area contributed by atoms with Gasteiger partial charge in [0.15, 0.2) is 0 Å². The van der Waals surface area contributed by atoms with Crippen LogP contribution in [0.2, 0.25) is 13.1 Å². The van der Waals surface area contributed by atoms with E-state index in [4.69, 9.17) is 4.74 Å². The molecule has 1 aromatic rings. The Morgan fingerprint density at radius 1 is 1.23 bits per heavy atom. The number of benzene rings is 1. The number of ether oxygens (including phenoxy) is 1. The lowest BCUT2D eigenvalue weighted by atomic mass is 9.84. The maximum Gasteiger partial charge on any atom is 0.273 e. The normalized spacial score (nSPS) is 19.6. The molecule has 122 valence electrons. The predicted molar refractivity (Wildman–Crippen MR) is 94.0 cm³/mol. The van der Waals surface area contributed by atoms with E-state index in [0.717, 1.165) is 12.0 Å². The highest BCUT2D eigenvalue weighted by molar-refractivity contribution is 6.71. The number of halogens is 1. The van der Waals surface area contributed by atoms with Gasteiger partial charge in [0.1, 0.15) is 5.73 Å². The van der Waals surface area contributed by atoms with Crippen LogP contribution in [0.3, 0.4) is 0 Å². The van der Waals surface area contributed by atoms with Crippen molar-refractivity contribution in [1.82, 2.24) is 0 Å². The minimum atomic E-state index is -2.94. The molecule has 1 aromatic carbocycles. The first kappa shape index (κ1) is 17.4. The van der Waals surface area contributed by atoms with E-state index in [1.54, 1.807) is 13.1 Å². The van der Waals surface area contributed by atoms with Crippen LogP contribution in [0.15, 0.2) is 43.0 Å². The van der Waals surface area contributed by atoms with Crippen LogP contribution in [0.1, 0.15) is 49.8 Å². The minimum Gasteiger partial charge on any atom is -0.370 e. The van der Waals surface area contributed by atoms with Crippen molar-refractivity contribution in [3.8, 4) is 0 Å². The first-order valence-corrected chi connectivity index (χ1v) is 11.5. The summed E-state index contributed by atoms with van der Waals surface area (Å²) in [7, 11) is -2.94. The fourth-order valence-electron chi connectivity index (χ4n) is 3.47. The van der Waals surface area contributed by atoms with Gasteiger partial charge in [-0.05, 0) is 43.8 Å². The van der Waals surface area contributed by atoms with E-state index < -0.39 is 8.41 Å². The zero-order valence-electron chi connectivity index (χ0n) is 13.9. The topological polar surface area (TPSA) is 9.23 Å². The highest BCUT2D eigenvalue weighted by atomic mass is 28.4. The fraction of sp³-hybridized carbons (Fsp3) is 0.579. The van der Waals surface area contributed by atoms with Gasteiger partial charge in [-0.25, -0.2) is 0 Å². The SMILES string of the molecule is C=CC[C@@H](O[C@H](c1ccccc1)[Si](C)(C)F)C1CCCCC1. The van der Waals surface area contributed by atoms with Crippen molar-refractivity contribution in [1.29, 1.82) is 0 Å². The van der Waals surface area contributed by atoms with Gasteiger partial charge < -0.3 is 8.84 Å². The van der Waals surface area contributed by atoms with E-state index in [2.05, 4.69) is 6.58 Å². The summed E-state index contributed by atoms with van der Waals surface area (Å²) in [4.78, 5) is 0. The zero-order valence-corrected chi connectivity index (χ0v) is 14.9. The van der Waals surface area contributed by atoms with Crippen LogP contribution < -0.4 is 0 Å². The minimum absolute atomic E-state index is 0.102. The molecule has 3 heteroatoms. The zero-order chi connectivity index (χ0) is 16.0. The van der Waals surface area contributed by atoms with Crippen LogP contribution >= 0.6 is 0 Å². The van der Waals surface area contributed by atoms with Crippen LogP contribution in [0, 0.1) is 5.92 Å². The standard InChI is InChI=1S/C19H29FOSi/c1-4-11-18(16-12-7-5-8-13-16)21-19(22(2,3)20)17-14-9-6-10-15-17/h4,6,9-10,14-16,18-19H,1,5,7-8,11-13H2,2-3H3/t18-,19+/m1/s1. The van der Waals surface area contributed by atoms with E-state index >= 15 is 0 Å². The summed E-state index contributed by atoms with van der Waals surface area (Å²) in [5.74, 6) is 0.550. The Balaban J connectivity index is 2.17. The second-order valence-corrected chi connectivity index (χ2v) is 10.6. The number of hydrogen-bond acceptors (Lipinski definition) is 1. The maximum absolute atomic E-state index is 14.9. The Kier molecular flexibility index (Phi) is 6.39. The van der Waals surface area contributed by atoms with Crippen molar-refractivity contribution < 1.29 is 8.84 Å². The van der Waals surface area contributed by atoms with E-state index in [1.165, 1.54) is 32.1 Å². The molecule has 0 saturated heterocycles. The first-order valence-electron chi connectivity index (χ1n) is 8.52. The van der Waals surface area contributed by atoms with Crippen molar-refractivity contribution >= 4 is 8.41 Å². The van der Waals surface area contributed by atoms with Gasteiger partial charge >= 0.3 is 0 Å². The summed E-state index contributed by atoms with van der Waals surface area (Å²) >= 11 is 0. The lowest BCUT2D eigenvalue weighted by molar-refractivity contribution is -0.0239. The van der Waals surface area contributed by atoms with E-state index in [9.17, 15) is 4.11 Å². The third kappa shape index (κ3) is 4.78. The molecule has 0 aliphatic heterocycles. The molecular formula is C19H29FOSi. The Labute approximate surface area is 135 Å². The average molecular weight is 321 g/mol. The van der Waals surface area contributed by atoms with Crippen LogP contribution in [0.5, 0.6) is 0 Å². The Morgan fingerprint density at radius 2 is 1.86 bits per heavy atom. The molecule has 0 N–H and O–H groups in total. The maximum atomic E-state index is 14.9. The molecule has 2 rings (SSSR count). The molecule has 0 heterocycles. The van der Waals surface area contributed by atoms with Gasteiger partial charge in [-0.2, -0.15) is 0 Å². The predicted octanol–water partition coefficient (Wildman–Crippen LogP) is 5.98. The quantitative estimate of drug-likeness (QED) is 0.341. The third-order valence-corrected chi connectivity index (χ3v) is 6.33. The molecule has 0 bridgehead atoms. The van der Waals surface area contributed by atoms with Gasteiger partial charge in [-0.15, -0.1) is 6.58 Å². The van der Waals surface area contributed by atoms with Gasteiger partial charge in [0.25, 0.3) is 8.41 Å². The van der Waals surface area contributed by atoms with Gasteiger partial charge in [0.2, 0.25) is 0 Å². The summed E-state index contributed by atoms with van der Waals surface area (Å²) in [5.41, 5.74) is 0.590. The van der Waals surface area contributed by atoms with Crippen molar-refractivity contribution in [2.24, 2.45) is 5.92 Å².